The van der Waals surface area contributed by atoms with Crippen LogP contribution in [0.1, 0.15) is 56.6 Å². The van der Waals surface area contributed by atoms with Gasteiger partial charge in [-0.15, -0.1) is 0 Å². The molecule has 158 valence electrons. The van der Waals surface area contributed by atoms with Crippen LogP contribution in [0.3, 0.4) is 0 Å². The second kappa shape index (κ2) is 10.7. The molecule has 3 rings (SSSR count). The average Bonchev–Trinajstić information content (AvgIpc) is 2.74. The second-order valence-electron chi connectivity index (χ2n) is 7.76. The van der Waals surface area contributed by atoms with Crippen LogP contribution in [0.25, 0.3) is 22.5 Å². The smallest absolute Gasteiger partial charge is 0.166 e. The molecule has 0 fully saturated rings. The van der Waals surface area contributed by atoms with Crippen LogP contribution in [0.2, 0.25) is 0 Å². The molecule has 0 saturated carbocycles. The van der Waals surface area contributed by atoms with Crippen molar-refractivity contribution in [3.63, 3.8) is 0 Å². The lowest BCUT2D eigenvalue weighted by molar-refractivity contribution is 0.304. The van der Waals surface area contributed by atoms with Crippen molar-refractivity contribution in [1.29, 1.82) is 0 Å². The molecule has 30 heavy (non-hydrogen) atoms. The van der Waals surface area contributed by atoms with Crippen LogP contribution in [0.4, 0.5) is 0 Å². The van der Waals surface area contributed by atoms with Gasteiger partial charge in [0, 0.05) is 11.6 Å². The number of ether oxygens (including phenoxy) is 1. The monoisotopic (exact) mass is 405 g/mol. The number of benzene rings is 2. The van der Waals surface area contributed by atoms with Crippen molar-refractivity contribution in [2.24, 2.45) is 0 Å². The van der Waals surface area contributed by atoms with Gasteiger partial charge in [0.1, 0.15) is 24.2 Å². The number of unbranched alkanes of at least 4 members (excludes halogenated alkanes) is 5. The number of aromatic nitrogens is 3. The van der Waals surface area contributed by atoms with Gasteiger partial charge in [-0.2, -0.15) is 0 Å². The third-order valence-corrected chi connectivity index (χ3v) is 5.26. The van der Waals surface area contributed by atoms with Gasteiger partial charge in [0.05, 0.1) is 12.2 Å². The number of hydrogen-bond acceptors (Lipinski definition) is 5. The van der Waals surface area contributed by atoms with E-state index in [4.69, 9.17) is 4.74 Å². The first kappa shape index (κ1) is 21.8. The number of rotatable bonds is 10. The summed E-state index contributed by atoms with van der Waals surface area (Å²) in [5, 5.41) is 10.6. The van der Waals surface area contributed by atoms with Gasteiger partial charge >= 0.3 is 0 Å². The molecule has 0 aliphatic rings. The van der Waals surface area contributed by atoms with E-state index in [1.807, 2.05) is 6.07 Å². The van der Waals surface area contributed by atoms with Gasteiger partial charge in [-0.05, 0) is 37.5 Å². The van der Waals surface area contributed by atoms with E-state index in [1.54, 1.807) is 6.07 Å². The van der Waals surface area contributed by atoms with Crippen LogP contribution in [0, 0.1) is 13.8 Å². The summed E-state index contributed by atoms with van der Waals surface area (Å²) in [5.41, 5.74) is 4.95. The Balaban J connectivity index is 1.88. The Morgan fingerprint density at radius 3 is 2.30 bits per heavy atom. The number of aromatic hydroxyl groups is 1. The van der Waals surface area contributed by atoms with E-state index in [9.17, 15) is 5.11 Å². The van der Waals surface area contributed by atoms with Crippen LogP contribution in [0.5, 0.6) is 11.5 Å². The van der Waals surface area contributed by atoms with Crippen molar-refractivity contribution < 1.29 is 9.84 Å². The first-order valence-corrected chi connectivity index (χ1v) is 10.8. The largest absolute Gasteiger partial charge is 0.507 e. The Kier molecular flexibility index (Phi) is 7.77. The van der Waals surface area contributed by atoms with Gasteiger partial charge in [-0.25, -0.2) is 15.0 Å². The number of phenolic OH excluding ortho intramolecular Hbond substituents is 1. The molecule has 0 aliphatic heterocycles. The Labute approximate surface area is 179 Å². The van der Waals surface area contributed by atoms with E-state index in [0.29, 0.717) is 23.7 Å². The molecule has 0 spiro atoms. The zero-order chi connectivity index (χ0) is 21.3. The number of nitrogens with zero attached hydrogens (tertiary/aromatic N) is 3. The molecule has 2 aromatic carbocycles. The molecular formula is C25H31N3O2. The van der Waals surface area contributed by atoms with Crippen LogP contribution < -0.4 is 4.74 Å². The SMILES string of the molecule is CCCCCCCCOc1cc(O)c(-c2ncncn2)cc1-c1ccc(C)cc1C. The minimum atomic E-state index is 0.104. The quantitative estimate of drug-likeness (QED) is 0.403. The second-order valence-corrected chi connectivity index (χ2v) is 7.76. The van der Waals surface area contributed by atoms with Crippen LogP contribution in [-0.4, -0.2) is 26.7 Å². The predicted molar refractivity (Wildman–Crippen MR) is 121 cm³/mol. The summed E-state index contributed by atoms with van der Waals surface area (Å²) < 4.78 is 6.14. The molecule has 0 unspecified atom stereocenters. The number of phenols is 1. The minimum Gasteiger partial charge on any atom is -0.507 e. The lowest BCUT2D eigenvalue weighted by atomic mass is 9.95. The Hall–Kier alpha value is -2.95. The summed E-state index contributed by atoms with van der Waals surface area (Å²) in [6, 6.07) is 9.95. The summed E-state index contributed by atoms with van der Waals surface area (Å²) in [6.07, 6.45) is 10.1. The highest BCUT2D eigenvalue weighted by Gasteiger charge is 2.16. The third-order valence-electron chi connectivity index (χ3n) is 5.26. The molecule has 3 aromatic rings. The molecule has 0 saturated heterocycles. The van der Waals surface area contributed by atoms with Gasteiger partial charge < -0.3 is 9.84 Å². The van der Waals surface area contributed by atoms with E-state index < -0.39 is 0 Å². The number of aryl methyl sites for hydroxylation is 2. The summed E-state index contributed by atoms with van der Waals surface area (Å²) in [5.74, 6) is 1.23. The zero-order valence-corrected chi connectivity index (χ0v) is 18.2. The molecule has 1 N–H and O–H groups in total. The van der Waals surface area contributed by atoms with E-state index in [-0.39, 0.29) is 5.75 Å². The standard InChI is InChI=1S/C25H31N3O2/c1-4-5-6-7-8-9-12-30-24-15-23(29)22(25-27-16-26-17-28-25)14-21(24)20-11-10-18(2)13-19(20)3/h10-11,13-17,29H,4-9,12H2,1-3H3. The predicted octanol–water partition coefficient (Wildman–Crippen LogP) is 6.27. The van der Waals surface area contributed by atoms with Crippen molar-refractivity contribution in [3.05, 3.63) is 54.1 Å². The summed E-state index contributed by atoms with van der Waals surface area (Å²) in [7, 11) is 0. The van der Waals surface area contributed by atoms with Crippen LogP contribution >= 0.6 is 0 Å². The first-order valence-electron chi connectivity index (χ1n) is 10.8. The van der Waals surface area contributed by atoms with Gasteiger partial charge in [0.2, 0.25) is 0 Å². The van der Waals surface area contributed by atoms with Crippen LogP contribution in [0.15, 0.2) is 43.0 Å². The maximum atomic E-state index is 10.6. The van der Waals surface area contributed by atoms with Gasteiger partial charge in [-0.3, -0.25) is 0 Å². The average molecular weight is 406 g/mol. The Morgan fingerprint density at radius 2 is 1.57 bits per heavy atom. The molecule has 0 amide bonds. The summed E-state index contributed by atoms with van der Waals surface area (Å²) >= 11 is 0. The highest BCUT2D eigenvalue weighted by molar-refractivity contribution is 5.81. The van der Waals surface area contributed by atoms with E-state index >= 15 is 0 Å². The van der Waals surface area contributed by atoms with Crippen molar-refractivity contribution in [1.82, 2.24) is 15.0 Å². The van der Waals surface area contributed by atoms with E-state index in [2.05, 4.69) is 53.9 Å². The molecule has 1 heterocycles. The lowest BCUT2D eigenvalue weighted by Crippen LogP contribution is -2.01. The molecule has 5 nitrogen and oxygen atoms in total. The topological polar surface area (TPSA) is 68.1 Å². The maximum Gasteiger partial charge on any atom is 0.166 e. The fraction of sp³-hybridized carbons (Fsp3) is 0.400. The first-order chi connectivity index (χ1) is 14.6. The molecule has 5 heteroatoms. The lowest BCUT2D eigenvalue weighted by Gasteiger charge is -2.16. The molecule has 1 aromatic heterocycles. The number of hydrogen-bond donors (Lipinski definition) is 1. The van der Waals surface area contributed by atoms with E-state index in [1.165, 1.54) is 43.9 Å². The normalized spacial score (nSPS) is 10.9. The van der Waals surface area contributed by atoms with Crippen molar-refractivity contribution in [2.45, 2.75) is 59.3 Å². The summed E-state index contributed by atoms with van der Waals surface area (Å²) in [4.78, 5) is 12.3. The van der Waals surface area contributed by atoms with E-state index in [0.717, 1.165) is 29.5 Å². The highest BCUT2D eigenvalue weighted by Crippen LogP contribution is 2.40. The zero-order valence-electron chi connectivity index (χ0n) is 18.2. The molecule has 0 bridgehead atoms. The van der Waals surface area contributed by atoms with Crippen molar-refractivity contribution in [3.8, 4) is 34.0 Å². The Morgan fingerprint density at radius 1 is 0.833 bits per heavy atom. The maximum absolute atomic E-state index is 10.6. The fourth-order valence-corrected chi connectivity index (χ4v) is 3.64. The highest BCUT2D eigenvalue weighted by atomic mass is 16.5. The third kappa shape index (κ3) is 5.56. The van der Waals surface area contributed by atoms with Crippen LogP contribution in [-0.2, 0) is 0 Å². The summed E-state index contributed by atoms with van der Waals surface area (Å²) in [6.45, 7) is 7.04. The molecular weight excluding hydrogens is 374 g/mol. The van der Waals surface area contributed by atoms with Gasteiger partial charge in [-0.1, -0.05) is 62.8 Å². The van der Waals surface area contributed by atoms with Gasteiger partial charge in [0.25, 0.3) is 0 Å². The Bertz CT molecular complexity index is 958. The van der Waals surface area contributed by atoms with Crippen molar-refractivity contribution >= 4 is 0 Å². The molecule has 0 aliphatic carbocycles. The fourth-order valence-electron chi connectivity index (χ4n) is 3.64. The molecule has 0 atom stereocenters. The van der Waals surface area contributed by atoms with Crippen molar-refractivity contribution in [2.75, 3.05) is 6.61 Å². The minimum absolute atomic E-state index is 0.104. The van der Waals surface area contributed by atoms with Gasteiger partial charge in [0.15, 0.2) is 5.82 Å². The molecule has 0 radical (unpaired) electrons.